The van der Waals surface area contributed by atoms with E-state index in [0.717, 1.165) is 28.2 Å². The van der Waals surface area contributed by atoms with Gasteiger partial charge in [-0.25, -0.2) is 4.98 Å². The Labute approximate surface area is 201 Å². The SMILES string of the molecule is Cc1c2c(n(-c3ccc(Cl)cc3Cl)c1-c1ccc(Cl)cc1)CCN(c1ccccn1)C2=O. The second-order valence-electron chi connectivity index (χ2n) is 7.63. The minimum atomic E-state index is -0.0681. The number of carbonyl (C=O) groups excluding carboxylic acids is 1. The number of nitrogens with zero attached hydrogens (tertiary/aromatic N) is 3. The Bertz CT molecular complexity index is 1330. The monoisotopic (exact) mass is 481 g/mol. The third-order valence-corrected chi connectivity index (χ3v) is 6.53. The largest absolute Gasteiger partial charge is 0.311 e. The summed E-state index contributed by atoms with van der Waals surface area (Å²) in [7, 11) is 0. The van der Waals surface area contributed by atoms with Crippen LogP contribution in [0.4, 0.5) is 5.82 Å². The Morgan fingerprint density at radius 3 is 2.38 bits per heavy atom. The normalized spacial score (nSPS) is 13.4. The summed E-state index contributed by atoms with van der Waals surface area (Å²) in [6.45, 7) is 2.50. The van der Waals surface area contributed by atoms with Gasteiger partial charge in [0, 0.05) is 34.9 Å². The number of fused-ring (bicyclic) bond motifs is 1. The van der Waals surface area contributed by atoms with Gasteiger partial charge in [0.05, 0.1) is 22.0 Å². The van der Waals surface area contributed by atoms with Gasteiger partial charge in [0.15, 0.2) is 0 Å². The standard InChI is InChI=1S/C25H18Cl3N3O/c1-15-23-21(11-13-30(25(23)32)22-4-2-3-12-29-22)31(20-10-9-18(27)14-19(20)28)24(15)16-5-7-17(26)8-6-16/h2-10,12,14H,11,13H2,1H3. The van der Waals surface area contributed by atoms with Crippen LogP contribution in [0, 0.1) is 6.92 Å². The zero-order chi connectivity index (χ0) is 22.4. The van der Waals surface area contributed by atoms with Gasteiger partial charge in [0.1, 0.15) is 5.82 Å². The second-order valence-corrected chi connectivity index (χ2v) is 8.91. The lowest BCUT2D eigenvalue weighted by Gasteiger charge is -2.27. The van der Waals surface area contributed by atoms with Gasteiger partial charge in [-0.05, 0) is 60.5 Å². The summed E-state index contributed by atoms with van der Waals surface area (Å²) in [5.41, 5.74) is 5.13. The number of carbonyl (C=O) groups is 1. The fourth-order valence-corrected chi connectivity index (χ4v) is 4.96. The highest BCUT2D eigenvalue weighted by Crippen LogP contribution is 2.40. The van der Waals surface area contributed by atoms with Crippen LogP contribution in [0.1, 0.15) is 21.6 Å². The van der Waals surface area contributed by atoms with Crippen LogP contribution in [0.2, 0.25) is 15.1 Å². The third kappa shape index (κ3) is 3.49. The van der Waals surface area contributed by atoms with Crippen LogP contribution in [0.25, 0.3) is 16.9 Å². The molecule has 1 aliphatic rings. The lowest BCUT2D eigenvalue weighted by Crippen LogP contribution is -2.38. The fraction of sp³-hybridized carbons (Fsp3) is 0.120. The lowest BCUT2D eigenvalue weighted by atomic mass is 10.0. The number of aromatic nitrogens is 2. The van der Waals surface area contributed by atoms with Crippen molar-refractivity contribution in [3.8, 4) is 16.9 Å². The van der Waals surface area contributed by atoms with E-state index in [1.165, 1.54) is 0 Å². The average molecular weight is 483 g/mol. The highest BCUT2D eigenvalue weighted by molar-refractivity contribution is 6.35. The summed E-state index contributed by atoms with van der Waals surface area (Å²) in [5.74, 6) is 0.578. The van der Waals surface area contributed by atoms with Crippen molar-refractivity contribution in [3.63, 3.8) is 0 Å². The van der Waals surface area contributed by atoms with Crippen molar-refractivity contribution in [2.75, 3.05) is 11.4 Å². The number of halogens is 3. The molecule has 1 aliphatic heterocycles. The van der Waals surface area contributed by atoms with Gasteiger partial charge in [-0.2, -0.15) is 0 Å². The van der Waals surface area contributed by atoms with Gasteiger partial charge in [-0.3, -0.25) is 9.69 Å². The van der Waals surface area contributed by atoms with Crippen LogP contribution in [0.3, 0.4) is 0 Å². The maximum atomic E-state index is 13.7. The molecule has 0 N–H and O–H groups in total. The van der Waals surface area contributed by atoms with Crippen LogP contribution in [-0.2, 0) is 6.42 Å². The van der Waals surface area contributed by atoms with E-state index in [0.29, 0.717) is 39.4 Å². The first kappa shape index (κ1) is 21.1. The summed E-state index contributed by atoms with van der Waals surface area (Å²) >= 11 is 18.9. The summed E-state index contributed by atoms with van der Waals surface area (Å²) in [4.78, 5) is 19.8. The summed E-state index contributed by atoms with van der Waals surface area (Å²) < 4.78 is 2.08. The zero-order valence-corrected chi connectivity index (χ0v) is 19.4. The fourth-order valence-electron chi connectivity index (χ4n) is 4.34. The topological polar surface area (TPSA) is 38.1 Å². The van der Waals surface area contributed by atoms with Gasteiger partial charge in [0.2, 0.25) is 0 Å². The molecule has 0 radical (unpaired) electrons. The van der Waals surface area contributed by atoms with Crippen molar-refractivity contribution in [2.24, 2.45) is 0 Å². The van der Waals surface area contributed by atoms with Crippen LogP contribution in [-0.4, -0.2) is 22.0 Å². The first-order valence-corrected chi connectivity index (χ1v) is 11.3. The van der Waals surface area contributed by atoms with Crippen LogP contribution < -0.4 is 4.90 Å². The molecule has 0 fully saturated rings. The number of hydrogen-bond donors (Lipinski definition) is 0. The van der Waals surface area contributed by atoms with Gasteiger partial charge in [-0.1, -0.05) is 53.0 Å². The molecule has 32 heavy (non-hydrogen) atoms. The van der Waals surface area contributed by atoms with E-state index < -0.39 is 0 Å². The number of rotatable bonds is 3. The van der Waals surface area contributed by atoms with Crippen molar-refractivity contribution in [2.45, 2.75) is 13.3 Å². The molecular formula is C25H18Cl3N3O. The molecule has 0 saturated carbocycles. The molecular weight excluding hydrogens is 465 g/mol. The van der Waals surface area contributed by atoms with E-state index in [1.54, 1.807) is 23.2 Å². The minimum Gasteiger partial charge on any atom is -0.311 e. The van der Waals surface area contributed by atoms with E-state index in [2.05, 4.69) is 9.55 Å². The molecule has 0 unspecified atom stereocenters. The Morgan fingerprint density at radius 2 is 1.69 bits per heavy atom. The molecule has 2 aromatic heterocycles. The van der Waals surface area contributed by atoms with E-state index in [4.69, 9.17) is 34.8 Å². The summed E-state index contributed by atoms with van der Waals surface area (Å²) in [5, 5.41) is 1.73. The Hall–Kier alpha value is -2.79. The molecule has 0 atom stereocenters. The first-order chi connectivity index (χ1) is 15.5. The summed E-state index contributed by atoms with van der Waals surface area (Å²) in [6.07, 6.45) is 2.35. The van der Waals surface area contributed by atoms with Crippen molar-refractivity contribution >= 4 is 46.5 Å². The number of benzene rings is 2. The molecule has 5 rings (SSSR count). The van der Waals surface area contributed by atoms with Crippen molar-refractivity contribution in [1.29, 1.82) is 0 Å². The van der Waals surface area contributed by atoms with Crippen molar-refractivity contribution in [1.82, 2.24) is 9.55 Å². The Morgan fingerprint density at radius 1 is 0.938 bits per heavy atom. The Kier molecular flexibility index (Phi) is 5.46. The van der Waals surface area contributed by atoms with E-state index in [-0.39, 0.29) is 5.91 Å². The van der Waals surface area contributed by atoms with Gasteiger partial charge < -0.3 is 4.57 Å². The quantitative estimate of drug-likeness (QED) is 0.315. The molecule has 7 heteroatoms. The van der Waals surface area contributed by atoms with Crippen molar-refractivity contribution in [3.05, 3.63) is 98.7 Å². The first-order valence-electron chi connectivity index (χ1n) is 10.1. The number of hydrogen-bond acceptors (Lipinski definition) is 2. The van der Waals surface area contributed by atoms with Crippen molar-refractivity contribution < 1.29 is 4.79 Å². The molecule has 0 bridgehead atoms. The number of pyridine rings is 1. The molecule has 4 aromatic rings. The van der Waals surface area contributed by atoms with Crippen LogP contribution >= 0.6 is 34.8 Å². The molecule has 2 aromatic carbocycles. The van der Waals surface area contributed by atoms with E-state index >= 15 is 0 Å². The maximum absolute atomic E-state index is 13.7. The van der Waals surface area contributed by atoms with Gasteiger partial charge in [0.25, 0.3) is 5.91 Å². The lowest BCUT2D eigenvalue weighted by molar-refractivity contribution is 0.0979. The van der Waals surface area contributed by atoms with Crippen LogP contribution in [0.5, 0.6) is 0 Å². The summed E-state index contributed by atoms with van der Waals surface area (Å²) in [6, 6.07) is 18.6. The molecule has 3 heterocycles. The van der Waals surface area contributed by atoms with Gasteiger partial charge in [-0.15, -0.1) is 0 Å². The zero-order valence-electron chi connectivity index (χ0n) is 17.1. The molecule has 1 amide bonds. The average Bonchev–Trinajstić information content (AvgIpc) is 3.08. The van der Waals surface area contributed by atoms with E-state index in [1.807, 2.05) is 55.5 Å². The molecule has 4 nitrogen and oxygen atoms in total. The van der Waals surface area contributed by atoms with Gasteiger partial charge >= 0.3 is 0 Å². The highest BCUT2D eigenvalue weighted by Gasteiger charge is 2.34. The third-order valence-electron chi connectivity index (χ3n) is 5.74. The molecule has 160 valence electrons. The predicted octanol–water partition coefficient (Wildman–Crippen LogP) is 7.01. The van der Waals surface area contributed by atoms with E-state index in [9.17, 15) is 4.79 Å². The maximum Gasteiger partial charge on any atom is 0.261 e. The molecule has 0 saturated heterocycles. The minimum absolute atomic E-state index is 0.0681. The molecule has 0 aliphatic carbocycles. The van der Waals surface area contributed by atoms with Crippen LogP contribution in [0.15, 0.2) is 66.9 Å². The number of anilines is 1. The smallest absolute Gasteiger partial charge is 0.261 e. The highest BCUT2D eigenvalue weighted by atomic mass is 35.5. The Balaban J connectivity index is 1.76. The number of amides is 1. The second kappa shape index (κ2) is 8.28. The predicted molar refractivity (Wildman–Crippen MR) is 131 cm³/mol. The molecule has 0 spiro atoms.